The van der Waals surface area contributed by atoms with Gasteiger partial charge in [-0.1, -0.05) is 158 Å². The molecule has 238 valence electrons. The number of hydrogen-bond donors (Lipinski definition) is 0. The zero-order valence-corrected chi connectivity index (χ0v) is 27.8. The Kier molecular flexibility index (Phi) is 7.79. The summed E-state index contributed by atoms with van der Waals surface area (Å²) in [6.45, 7) is 0. The fraction of sp³-hybridized carbons (Fsp3) is 0.0851. The first-order valence-corrected chi connectivity index (χ1v) is 17.5. The van der Waals surface area contributed by atoms with Crippen LogP contribution in [-0.4, -0.2) is 15.0 Å². The number of hydrogen-bond acceptors (Lipinski definition) is 3. The molecule has 0 atom stereocenters. The second kappa shape index (κ2) is 13.0. The molecule has 8 aromatic rings. The maximum atomic E-state index is 5.05. The van der Waals surface area contributed by atoms with Crippen molar-refractivity contribution in [1.29, 1.82) is 0 Å². The molecule has 9 rings (SSSR count). The normalized spacial score (nSPS) is 12.5. The molecule has 0 saturated carbocycles. The summed E-state index contributed by atoms with van der Waals surface area (Å²) >= 11 is 0. The number of benzene rings is 7. The molecule has 1 aliphatic rings. The maximum absolute atomic E-state index is 5.05. The first kappa shape index (κ1) is 29.9. The van der Waals surface area contributed by atoms with E-state index in [-0.39, 0.29) is 0 Å². The molecular formula is C47H35N3. The minimum absolute atomic E-state index is 0.654. The summed E-state index contributed by atoms with van der Waals surface area (Å²) in [5.74, 6) is 1.97. The van der Waals surface area contributed by atoms with Crippen LogP contribution in [0, 0.1) is 0 Å². The Morgan fingerprint density at radius 1 is 0.280 bits per heavy atom. The molecule has 1 aromatic heterocycles. The van der Waals surface area contributed by atoms with Gasteiger partial charge in [-0.05, 0) is 87.0 Å². The lowest BCUT2D eigenvalue weighted by atomic mass is 9.89. The van der Waals surface area contributed by atoms with E-state index in [2.05, 4.69) is 158 Å². The number of aryl methyl sites for hydroxylation is 2. The number of rotatable bonds is 6. The van der Waals surface area contributed by atoms with Crippen molar-refractivity contribution >= 4 is 10.8 Å². The lowest BCUT2D eigenvalue weighted by Crippen LogP contribution is -2.02. The minimum atomic E-state index is 0.654. The van der Waals surface area contributed by atoms with Crippen molar-refractivity contribution in [1.82, 2.24) is 15.0 Å². The van der Waals surface area contributed by atoms with Crippen molar-refractivity contribution in [3.8, 4) is 67.5 Å². The van der Waals surface area contributed by atoms with E-state index in [1.165, 1.54) is 69.8 Å². The average Bonchev–Trinajstić information content (AvgIpc) is 3.21. The zero-order chi connectivity index (χ0) is 33.3. The minimum Gasteiger partial charge on any atom is -0.208 e. The molecular weight excluding hydrogens is 607 g/mol. The van der Waals surface area contributed by atoms with Gasteiger partial charge in [-0.3, -0.25) is 0 Å². The molecule has 7 aromatic carbocycles. The molecule has 0 N–H and O–H groups in total. The summed E-state index contributed by atoms with van der Waals surface area (Å²) in [6.07, 6.45) is 4.94. The summed E-state index contributed by atoms with van der Waals surface area (Å²) in [4.78, 5) is 15.1. The molecule has 0 amide bonds. The summed E-state index contributed by atoms with van der Waals surface area (Å²) in [7, 11) is 0. The van der Waals surface area contributed by atoms with Gasteiger partial charge >= 0.3 is 0 Å². The predicted octanol–water partition coefficient (Wildman–Crippen LogP) is 11.9. The monoisotopic (exact) mass is 641 g/mol. The molecule has 50 heavy (non-hydrogen) atoms. The molecule has 0 saturated heterocycles. The van der Waals surface area contributed by atoms with Gasteiger partial charge in [-0.25, -0.2) is 15.0 Å². The molecule has 0 unspecified atom stereocenters. The van der Waals surface area contributed by atoms with Gasteiger partial charge in [0, 0.05) is 16.7 Å². The van der Waals surface area contributed by atoms with E-state index in [4.69, 9.17) is 15.0 Å². The summed E-state index contributed by atoms with van der Waals surface area (Å²) in [5, 5.41) is 2.47. The van der Waals surface area contributed by atoms with Gasteiger partial charge in [0.15, 0.2) is 17.5 Å². The smallest absolute Gasteiger partial charge is 0.164 e. The van der Waals surface area contributed by atoms with Gasteiger partial charge in [-0.15, -0.1) is 0 Å². The Labute approximate surface area is 293 Å². The Morgan fingerprint density at radius 2 is 0.680 bits per heavy atom. The van der Waals surface area contributed by atoms with Crippen LogP contribution in [0.15, 0.2) is 164 Å². The van der Waals surface area contributed by atoms with E-state index in [1.54, 1.807) is 0 Å². The van der Waals surface area contributed by atoms with Crippen LogP contribution in [0.2, 0.25) is 0 Å². The average molecular weight is 642 g/mol. The van der Waals surface area contributed by atoms with Crippen molar-refractivity contribution < 1.29 is 0 Å². The summed E-state index contributed by atoms with van der Waals surface area (Å²) in [6, 6.07) is 58.2. The maximum Gasteiger partial charge on any atom is 0.164 e. The van der Waals surface area contributed by atoms with E-state index in [0.717, 1.165) is 27.8 Å². The SMILES string of the molecule is c1ccc(-c2ccc(-c3nc(-c4ccc(-c5ccc6c(c5)CCCC6)cc4)nc(-c4ccc(-c5ccc6ccccc6c5)cc4)n3)cc2)cc1. The predicted molar refractivity (Wildman–Crippen MR) is 207 cm³/mol. The highest BCUT2D eigenvalue weighted by Crippen LogP contribution is 2.32. The van der Waals surface area contributed by atoms with Gasteiger partial charge in [0.25, 0.3) is 0 Å². The molecule has 1 heterocycles. The van der Waals surface area contributed by atoms with Gasteiger partial charge < -0.3 is 0 Å². The highest BCUT2D eigenvalue weighted by Gasteiger charge is 2.15. The quantitative estimate of drug-likeness (QED) is 0.181. The molecule has 0 bridgehead atoms. The van der Waals surface area contributed by atoms with Crippen LogP contribution < -0.4 is 0 Å². The molecule has 0 fully saturated rings. The van der Waals surface area contributed by atoms with Crippen LogP contribution in [0.25, 0.3) is 78.3 Å². The summed E-state index contributed by atoms with van der Waals surface area (Å²) < 4.78 is 0. The van der Waals surface area contributed by atoms with Crippen LogP contribution in [0.1, 0.15) is 24.0 Å². The van der Waals surface area contributed by atoms with E-state index >= 15 is 0 Å². The zero-order valence-electron chi connectivity index (χ0n) is 27.8. The summed E-state index contributed by atoms with van der Waals surface area (Å²) in [5.41, 5.74) is 13.0. The highest BCUT2D eigenvalue weighted by molar-refractivity contribution is 5.87. The van der Waals surface area contributed by atoms with Crippen LogP contribution in [0.5, 0.6) is 0 Å². The Hall–Kier alpha value is -6.19. The van der Waals surface area contributed by atoms with Gasteiger partial charge in [0.2, 0.25) is 0 Å². The number of aromatic nitrogens is 3. The van der Waals surface area contributed by atoms with E-state index < -0.39 is 0 Å². The fourth-order valence-electron chi connectivity index (χ4n) is 7.11. The molecule has 3 heteroatoms. The third-order valence-corrected chi connectivity index (χ3v) is 9.94. The fourth-order valence-corrected chi connectivity index (χ4v) is 7.11. The topological polar surface area (TPSA) is 38.7 Å². The largest absolute Gasteiger partial charge is 0.208 e. The third kappa shape index (κ3) is 5.99. The molecule has 0 aliphatic heterocycles. The van der Waals surface area contributed by atoms with Crippen LogP contribution in [0.3, 0.4) is 0 Å². The van der Waals surface area contributed by atoms with Crippen molar-refractivity contribution in [2.45, 2.75) is 25.7 Å². The number of fused-ring (bicyclic) bond motifs is 2. The van der Waals surface area contributed by atoms with Gasteiger partial charge in [0.05, 0.1) is 0 Å². The van der Waals surface area contributed by atoms with Crippen LogP contribution in [-0.2, 0) is 12.8 Å². The first-order chi connectivity index (χ1) is 24.7. The number of nitrogens with zero attached hydrogens (tertiary/aromatic N) is 3. The van der Waals surface area contributed by atoms with Gasteiger partial charge in [0.1, 0.15) is 0 Å². The molecule has 0 radical (unpaired) electrons. The molecule has 3 nitrogen and oxygen atoms in total. The second-order valence-electron chi connectivity index (χ2n) is 13.2. The second-order valence-corrected chi connectivity index (χ2v) is 13.2. The Balaban J connectivity index is 1.08. The van der Waals surface area contributed by atoms with Crippen molar-refractivity contribution in [3.63, 3.8) is 0 Å². The van der Waals surface area contributed by atoms with E-state index in [9.17, 15) is 0 Å². The highest BCUT2D eigenvalue weighted by atomic mass is 15.0. The Bertz CT molecular complexity index is 2450. The van der Waals surface area contributed by atoms with Crippen molar-refractivity contribution in [2.75, 3.05) is 0 Å². The Morgan fingerprint density at radius 3 is 1.26 bits per heavy atom. The van der Waals surface area contributed by atoms with Gasteiger partial charge in [-0.2, -0.15) is 0 Å². The molecule has 1 aliphatic carbocycles. The van der Waals surface area contributed by atoms with Crippen LogP contribution in [0.4, 0.5) is 0 Å². The van der Waals surface area contributed by atoms with E-state index in [1.807, 2.05) is 6.07 Å². The lowest BCUT2D eigenvalue weighted by molar-refractivity contribution is 0.686. The van der Waals surface area contributed by atoms with Crippen molar-refractivity contribution in [2.24, 2.45) is 0 Å². The van der Waals surface area contributed by atoms with E-state index in [0.29, 0.717) is 17.5 Å². The van der Waals surface area contributed by atoms with Crippen molar-refractivity contribution in [3.05, 3.63) is 175 Å². The third-order valence-electron chi connectivity index (χ3n) is 9.94. The standard InChI is InChI=1S/C47H35N3/c1-2-8-32(9-3-1)35-14-22-38(23-15-35)45-48-46(39-24-16-36(17-25-39)43-28-20-33-10-4-6-12-41(33)30-43)50-47(49-45)40-26-18-37(19-27-40)44-29-21-34-11-5-7-13-42(34)31-44/h1-4,6,8-10,12,14-31H,5,7,11,13H2. The lowest BCUT2D eigenvalue weighted by Gasteiger charge is -2.16. The first-order valence-electron chi connectivity index (χ1n) is 17.5. The molecule has 0 spiro atoms. The van der Waals surface area contributed by atoms with Crippen LogP contribution >= 0.6 is 0 Å².